The van der Waals surface area contributed by atoms with Crippen LogP contribution in [0.4, 0.5) is 5.69 Å². The number of carbonyl (C=O) groups excluding carboxylic acids is 1. The number of benzene rings is 1. The van der Waals surface area contributed by atoms with Gasteiger partial charge in [0.25, 0.3) is 0 Å². The van der Waals surface area contributed by atoms with Crippen LogP contribution in [0.15, 0.2) is 48.7 Å². The highest BCUT2D eigenvalue weighted by Gasteiger charge is 2.36. The number of ether oxygens (including phenoxy) is 1. The van der Waals surface area contributed by atoms with Crippen LogP contribution in [0.5, 0.6) is 5.75 Å². The van der Waals surface area contributed by atoms with Crippen molar-refractivity contribution in [1.29, 1.82) is 0 Å². The van der Waals surface area contributed by atoms with E-state index in [1.54, 1.807) is 7.11 Å². The van der Waals surface area contributed by atoms with Gasteiger partial charge in [-0.15, -0.1) is 0 Å². The van der Waals surface area contributed by atoms with Gasteiger partial charge in [0.15, 0.2) is 0 Å². The van der Waals surface area contributed by atoms with Gasteiger partial charge in [-0.05, 0) is 37.1 Å². The molecule has 6 heteroatoms. The second-order valence-electron chi connectivity index (χ2n) is 9.78. The van der Waals surface area contributed by atoms with E-state index >= 15 is 0 Å². The normalized spacial score (nSPS) is 19.6. The summed E-state index contributed by atoms with van der Waals surface area (Å²) in [6, 6.07) is 14.3. The van der Waals surface area contributed by atoms with Crippen LogP contribution in [0.25, 0.3) is 0 Å². The van der Waals surface area contributed by atoms with Crippen molar-refractivity contribution in [2.75, 3.05) is 44.7 Å². The van der Waals surface area contributed by atoms with Gasteiger partial charge >= 0.3 is 0 Å². The van der Waals surface area contributed by atoms with E-state index in [1.165, 1.54) is 6.42 Å². The molecule has 1 saturated heterocycles. The number of pyridine rings is 1. The maximum absolute atomic E-state index is 13.3. The van der Waals surface area contributed by atoms with Gasteiger partial charge in [-0.1, -0.05) is 44.4 Å². The number of amides is 1. The van der Waals surface area contributed by atoms with E-state index in [2.05, 4.69) is 45.2 Å². The molecule has 1 N–H and O–H groups in total. The quantitative estimate of drug-likeness (QED) is 0.661. The van der Waals surface area contributed by atoms with E-state index in [4.69, 9.17) is 4.74 Å². The Kier molecular flexibility index (Phi) is 7.86. The molecule has 2 heterocycles. The molecule has 0 spiro atoms. The lowest BCUT2D eigenvalue weighted by molar-refractivity contribution is -0.132. The molecule has 1 aliphatic heterocycles. The van der Waals surface area contributed by atoms with Crippen LogP contribution in [0.2, 0.25) is 0 Å². The molecule has 1 atom stereocenters. The van der Waals surface area contributed by atoms with E-state index in [0.717, 1.165) is 82.0 Å². The van der Waals surface area contributed by atoms with Gasteiger partial charge in [-0.2, -0.15) is 0 Å². The van der Waals surface area contributed by atoms with Gasteiger partial charge in [0, 0.05) is 62.5 Å². The first kappa shape index (κ1) is 23.6. The maximum atomic E-state index is 13.3. The van der Waals surface area contributed by atoms with Crippen LogP contribution in [-0.2, 0) is 11.2 Å². The number of nitrogens with one attached hydrogen (secondary N) is 1. The number of methoxy groups -OCH3 is 1. The average molecular weight is 451 g/mol. The van der Waals surface area contributed by atoms with Crippen LogP contribution in [0, 0.1) is 5.41 Å². The summed E-state index contributed by atoms with van der Waals surface area (Å²) < 4.78 is 5.56. The minimum atomic E-state index is -0.233. The molecule has 1 aromatic carbocycles. The molecule has 1 amide bonds. The Bertz CT molecular complexity index is 890. The Labute approximate surface area is 198 Å². The van der Waals surface area contributed by atoms with E-state index < -0.39 is 0 Å². The fourth-order valence-electron chi connectivity index (χ4n) is 5.23. The molecule has 1 aliphatic carbocycles. The molecule has 1 unspecified atom stereocenters. The Balaban J connectivity index is 1.39. The standard InChI is InChI=1S/C27H38N4O2/c1-27(13-7-3-8-14-27)26(32)29-23(20-22-10-6-9-15-28-22)21-30-16-18-31(19-17-30)24-11-4-5-12-25(24)33-2/h4-6,9-12,15,23H,3,7-8,13-14,16-21H2,1-2H3,(H,29,32). The average Bonchev–Trinajstić information content (AvgIpc) is 2.85. The third kappa shape index (κ3) is 6.05. The summed E-state index contributed by atoms with van der Waals surface area (Å²) in [5.41, 5.74) is 1.95. The van der Waals surface area contributed by atoms with Crippen molar-refractivity contribution >= 4 is 11.6 Å². The number of carbonyl (C=O) groups is 1. The number of rotatable bonds is 8. The van der Waals surface area contributed by atoms with Gasteiger partial charge in [-0.25, -0.2) is 0 Å². The lowest BCUT2D eigenvalue weighted by Gasteiger charge is -2.39. The summed E-state index contributed by atoms with van der Waals surface area (Å²) in [5, 5.41) is 3.43. The van der Waals surface area contributed by atoms with E-state index in [9.17, 15) is 4.79 Å². The van der Waals surface area contributed by atoms with E-state index in [-0.39, 0.29) is 17.4 Å². The Hall–Kier alpha value is -2.60. The lowest BCUT2D eigenvalue weighted by Crippen LogP contribution is -2.54. The summed E-state index contributed by atoms with van der Waals surface area (Å²) in [7, 11) is 1.73. The Morgan fingerprint density at radius 2 is 1.79 bits per heavy atom. The first-order valence-corrected chi connectivity index (χ1v) is 12.4. The van der Waals surface area contributed by atoms with Gasteiger partial charge in [0.05, 0.1) is 12.8 Å². The first-order valence-electron chi connectivity index (χ1n) is 12.4. The minimum absolute atomic E-state index is 0.0592. The molecule has 6 nitrogen and oxygen atoms in total. The summed E-state index contributed by atoms with van der Waals surface area (Å²) in [6.07, 6.45) is 8.13. The molecule has 2 aromatic rings. The zero-order valence-corrected chi connectivity index (χ0v) is 20.1. The number of nitrogens with zero attached hydrogens (tertiary/aromatic N) is 3. The summed E-state index contributed by atoms with van der Waals surface area (Å²) >= 11 is 0. The van der Waals surface area contributed by atoms with Crippen LogP contribution in [0.1, 0.15) is 44.7 Å². The molecule has 33 heavy (non-hydrogen) atoms. The van der Waals surface area contributed by atoms with Crippen molar-refractivity contribution in [3.63, 3.8) is 0 Å². The third-order valence-electron chi connectivity index (χ3n) is 7.30. The second kappa shape index (κ2) is 11.0. The zero-order valence-electron chi connectivity index (χ0n) is 20.1. The molecule has 178 valence electrons. The van der Waals surface area contributed by atoms with Gasteiger partial charge < -0.3 is 15.0 Å². The topological polar surface area (TPSA) is 57.7 Å². The molecular formula is C27H38N4O2. The number of para-hydroxylation sites is 2. The predicted molar refractivity (Wildman–Crippen MR) is 133 cm³/mol. The highest BCUT2D eigenvalue weighted by atomic mass is 16.5. The molecule has 2 fully saturated rings. The summed E-state index contributed by atoms with van der Waals surface area (Å²) in [5.74, 6) is 1.14. The lowest BCUT2D eigenvalue weighted by atomic mass is 9.75. The van der Waals surface area contributed by atoms with Crippen molar-refractivity contribution < 1.29 is 9.53 Å². The predicted octanol–water partition coefficient (Wildman–Crippen LogP) is 3.91. The number of anilines is 1. The van der Waals surface area contributed by atoms with Gasteiger partial charge in [-0.3, -0.25) is 14.7 Å². The molecule has 0 radical (unpaired) electrons. The van der Waals surface area contributed by atoms with Crippen molar-refractivity contribution in [2.45, 2.75) is 51.5 Å². The van der Waals surface area contributed by atoms with Crippen molar-refractivity contribution in [2.24, 2.45) is 5.41 Å². The highest BCUT2D eigenvalue weighted by molar-refractivity contribution is 5.82. The smallest absolute Gasteiger partial charge is 0.226 e. The van der Waals surface area contributed by atoms with Crippen molar-refractivity contribution in [3.8, 4) is 5.75 Å². The third-order valence-corrected chi connectivity index (χ3v) is 7.30. The van der Waals surface area contributed by atoms with Crippen LogP contribution in [0.3, 0.4) is 0 Å². The Morgan fingerprint density at radius 1 is 1.06 bits per heavy atom. The summed E-state index contributed by atoms with van der Waals surface area (Å²) in [6.45, 7) is 6.81. The molecule has 4 rings (SSSR count). The molecule has 0 bridgehead atoms. The molecular weight excluding hydrogens is 412 g/mol. The largest absolute Gasteiger partial charge is 0.495 e. The fraction of sp³-hybridized carbons (Fsp3) is 0.556. The van der Waals surface area contributed by atoms with E-state index in [0.29, 0.717) is 0 Å². The number of hydrogen-bond donors (Lipinski definition) is 1. The zero-order chi connectivity index (χ0) is 23.1. The second-order valence-corrected chi connectivity index (χ2v) is 9.78. The monoisotopic (exact) mass is 450 g/mol. The van der Waals surface area contributed by atoms with Gasteiger partial charge in [0.1, 0.15) is 5.75 Å². The van der Waals surface area contributed by atoms with Crippen LogP contribution >= 0.6 is 0 Å². The summed E-state index contributed by atoms with van der Waals surface area (Å²) in [4.78, 5) is 22.7. The minimum Gasteiger partial charge on any atom is -0.495 e. The van der Waals surface area contributed by atoms with Gasteiger partial charge in [0.2, 0.25) is 5.91 Å². The number of hydrogen-bond acceptors (Lipinski definition) is 5. The van der Waals surface area contributed by atoms with Crippen LogP contribution in [-0.4, -0.2) is 61.7 Å². The molecule has 1 aromatic heterocycles. The Morgan fingerprint density at radius 3 is 2.48 bits per heavy atom. The van der Waals surface area contributed by atoms with Crippen molar-refractivity contribution in [3.05, 3.63) is 54.4 Å². The fourth-order valence-corrected chi connectivity index (χ4v) is 5.23. The first-order chi connectivity index (χ1) is 16.1. The molecule has 2 aliphatic rings. The van der Waals surface area contributed by atoms with Crippen molar-refractivity contribution in [1.82, 2.24) is 15.2 Å². The number of piperazine rings is 1. The van der Waals surface area contributed by atoms with E-state index in [1.807, 2.05) is 30.5 Å². The molecule has 1 saturated carbocycles. The van der Waals surface area contributed by atoms with Crippen LogP contribution < -0.4 is 15.0 Å². The number of aromatic nitrogens is 1. The highest BCUT2D eigenvalue weighted by Crippen LogP contribution is 2.36. The SMILES string of the molecule is COc1ccccc1N1CCN(CC(Cc2ccccn2)NC(=O)C2(C)CCCCC2)CC1. The maximum Gasteiger partial charge on any atom is 0.226 e.